The Bertz CT molecular complexity index is 876. The summed E-state index contributed by atoms with van der Waals surface area (Å²) in [7, 11) is 0. The monoisotopic (exact) mass is 421 g/mol. The van der Waals surface area contributed by atoms with Crippen molar-refractivity contribution in [1.82, 2.24) is 5.32 Å². The number of rotatable bonds is 8. The molecule has 0 aliphatic carbocycles. The highest BCUT2D eigenvalue weighted by atomic mass is 32.1. The molecule has 28 heavy (non-hydrogen) atoms. The van der Waals surface area contributed by atoms with Gasteiger partial charge in [0, 0.05) is 0 Å². The molecule has 0 saturated heterocycles. The van der Waals surface area contributed by atoms with E-state index in [0.29, 0.717) is 4.88 Å². The lowest BCUT2D eigenvalue weighted by atomic mass is 10.0. The second kappa shape index (κ2) is 9.52. The Hall–Kier alpha value is -2.65. The van der Waals surface area contributed by atoms with Gasteiger partial charge in [-0.2, -0.15) is 12.6 Å². The summed E-state index contributed by atoms with van der Waals surface area (Å²) in [6.45, 7) is 2.70. The molecule has 148 valence electrons. The molecule has 1 heterocycles. The number of carbonyl (C=O) groups is 4. The molecule has 0 aliphatic heterocycles. The lowest BCUT2D eigenvalue weighted by molar-refractivity contribution is -0.135. The molecule has 2 aromatic rings. The average molecular weight is 421 g/mol. The molecule has 1 aromatic heterocycles. The minimum absolute atomic E-state index is 0.0171. The van der Waals surface area contributed by atoms with E-state index in [2.05, 4.69) is 17.9 Å². The molecule has 9 heteroatoms. The Morgan fingerprint density at radius 2 is 1.86 bits per heavy atom. The summed E-state index contributed by atoms with van der Waals surface area (Å²) in [5, 5.41) is 4.05. The fraction of sp³-hybridized carbons (Fsp3) is 0.263. The van der Waals surface area contributed by atoms with Crippen LogP contribution in [0.2, 0.25) is 0 Å². The van der Waals surface area contributed by atoms with Gasteiger partial charge in [0.25, 0.3) is 0 Å². The third kappa shape index (κ3) is 5.20. The fourth-order valence-electron chi connectivity index (χ4n) is 2.17. The summed E-state index contributed by atoms with van der Waals surface area (Å²) < 4.78 is 8.41. The standard InChI is InChI=1S/C19H19NO6S2/c1-3-25-17(23)12-7-4-5-8-13(12)26-15(21)11-20-18(24)19(2,27)16(22)14-9-6-10-28-14/h4-10,27H,3,11H2,1-2H3,(H,20,24). The molecule has 0 fully saturated rings. The highest BCUT2D eigenvalue weighted by molar-refractivity contribution is 7.83. The molecule has 7 nitrogen and oxygen atoms in total. The third-order valence-corrected chi connectivity index (χ3v) is 4.90. The van der Waals surface area contributed by atoms with Gasteiger partial charge in [0.1, 0.15) is 17.9 Å². The van der Waals surface area contributed by atoms with Gasteiger partial charge in [-0.05, 0) is 37.4 Å². The number of hydrogen-bond donors (Lipinski definition) is 2. The Balaban J connectivity index is 1.98. The number of para-hydroxylation sites is 1. The molecule has 0 saturated carbocycles. The Morgan fingerprint density at radius 1 is 1.14 bits per heavy atom. The molecular weight excluding hydrogens is 402 g/mol. The van der Waals surface area contributed by atoms with Gasteiger partial charge in [-0.25, -0.2) is 9.59 Å². The van der Waals surface area contributed by atoms with Gasteiger partial charge in [0.05, 0.1) is 11.5 Å². The van der Waals surface area contributed by atoms with Crippen LogP contribution in [0.3, 0.4) is 0 Å². The Morgan fingerprint density at radius 3 is 2.50 bits per heavy atom. The molecule has 0 aliphatic rings. The molecule has 0 radical (unpaired) electrons. The van der Waals surface area contributed by atoms with Crippen molar-refractivity contribution < 1.29 is 28.7 Å². The fourth-order valence-corrected chi connectivity index (χ4v) is 3.21. The number of amides is 1. The number of benzene rings is 1. The van der Waals surface area contributed by atoms with Gasteiger partial charge < -0.3 is 14.8 Å². The van der Waals surface area contributed by atoms with E-state index in [4.69, 9.17) is 9.47 Å². The first-order valence-corrected chi connectivity index (χ1v) is 9.65. The lowest BCUT2D eigenvalue weighted by Crippen LogP contribution is -2.48. The summed E-state index contributed by atoms with van der Waals surface area (Å²) in [6, 6.07) is 9.38. The van der Waals surface area contributed by atoms with Crippen molar-refractivity contribution in [3.05, 3.63) is 52.2 Å². The number of nitrogens with one attached hydrogen (secondary N) is 1. The van der Waals surface area contributed by atoms with E-state index in [-0.39, 0.29) is 17.9 Å². The molecule has 0 bridgehead atoms. The number of carbonyl (C=O) groups excluding carboxylic acids is 4. The van der Waals surface area contributed by atoms with Crippen LogP contribution < -0.4 is 10.1 Å². The molecule has 1 amide bonds. The number of ether oxygens (including phenoxy) is 2. The normalized spacial score (nSPS) is 12.5. The van der Waals surface area contributed by atoms with Crippen molar-refractivity contribution in [1.29, 1.82) is 0 Å². The number of thiophene rings is 1. The zero-order chi connectivity index (χ0) is 20.7. The van der Waals surface area contributed by atoms with Gasteiger partial charge in [-0.1, -0.05) is 18.2 Å². The second-order valence-corrected chi connectivity index (χ2v) is 7.59. The first-order valence-electron chi connectivity index (χ1n) is 8.33. The molecule has 1 aromatic carbocycles. The smallest absolute Gasteiger partial charge is 0.341 e. The summed E-state index contributed by atoms with van der Waals surface area (Å²) in [6.07, 6.45) is 0. The van der Waals surface area contributed by atoms with Crippen molar-refractivity contribution in [2.75, 3.05) is 13.2 Å². The van der Waals surface area contributed by atoms with Crippen LogP contribution in [0.1, 0.15) is 33.9 Å². The van der Waals surface area contributed by atoms with Crippen molar-refractivity contribution in [2.24, 2.45) is 0 Å². The molecule has 2 rings (SSSR count). The predicted octanol–water partition coefficient (Wildman–Crippen LogP) is 2.52. The van der Waals surface area contributed by atoms with E-state index >= 15 is 0 Å². The number of thiol groups is 1. The molecule has 1 N–H and O–H groups in total. The largest absolute Gasteiger partial charge is 0.462 e. The SMILES string of the molecule is CCOC(=O)c1ccccc1OC(=O)CNC(=O)C(C)(S)C(=O)c1cccs1. The highest BCUT2D eigenvalue weighted by Crippen LogP contribution is 2.23. The summed E-state index contributed by atoms with van der Waals surface area (Å²) in [4.78, 5) is 49.1. The van der Waals surface area contributed by atoms with Gasteiger partial charge in [-0.3, -0.25) is 9.59 Å². The number of esters is 2. The number of hydrogen-bond acceptors (Lipinski definition) is 8. The molecule has 0 spiro atoms. The Labute approximate surface area is 171 Å². The topological polar surface area (TPSA) is 98.8 Å². The number of Topliss-reactive ketones (excluding diaryl/α,β-unsaturated/α-hetero) is 1. The van der Waals surface area contributed by atoms with E-state index in [1.54, 1.807) is 36.6 Å². The van der Waals surface area contributed by atoms with Crippen molar-refractivity contribution >= 4 is 47.6 Å². The van der Waals surface area contributed by atoms with Crippen LogP contribution in [0, 0.1) is 0 Å². The van der Waals surface area contributed by atoms with Crippen LogP contribution in [0.15, 0.2) is 41.8 Å². The van der Waals surface area contributed by atoms with Crippen LogP contribution in [0.4, 0.5) is 0 Å². The van der Waals surface area contributed by atoms with Gasteiger partial charge in [-0.15, -0.1) is 11.3 Å². The summed E-state index contributed by atoms with van der Waals surface area (Å²) >= 11 is 5.36. The van der Waals surface area contributed by atoms with Crippen LogP contribution in [-0.2, 0) is 14.3 Å². The van der Waals surface area contributed by atoms with Crippen molar-refractivity contribution in [3.8, 4) is 5.75 Å². The van der Waals surface area contributed by atoms with Gasteiger partial charge >= 0.3 is 11.9 Å². The minimum atomic E-state index is -1.64. The van der Waals surface area contributed by atoms with E-state index in [9.17, 15) is 19.2 Å². The molecule has 1 unspecified atom stereocenters. The van der Waals surface area contributed by atoms with Crippen molar-refractivity contribution in [2.45, 2.75) is 18.6 Å². The van der Waals surface area contributed by atoms with E-state index < -0.39 is 34.9 Å². The van der Waals surface area contributed by atoms with Gasteiger partial charge in [0.2, 0.25) is 5.91 Å². The lowest BCUT2D eigenvalue weighted by Gasteiger charge is -2.20. The quantitative estimate of drug-likeness (QED) is 0.223. The maximum Gasteiger partial charge on any atom is 0.341 e. The Kier molecular flexibility index (Phi) is 7.36. The average Bonchev–Trinajstić information content (AvgIpc) is 3.20. The number of ketones is 1. The maximum atomic E-state index is 12.4. The second-order valence-electron chi connectivity index (χ2n) is 5.75. The van der Waals surface area contributed by atoms with Crippen LogP contribution >= 0.6 is 24.0 Å². The summed E-state index contributed by atoms with van der Waals surface area (Å²) in [5.41, 5.74) is 0.0935. The zero-order valence-corrected chi connectivity index (χ0v) is 17.0. The third-order valence-electron chi connectivity index (χ3n) is 3.63. The first kappa shape index (κ1) is 21.6. The maximum absolute atomic E-state index is 12.4. The van der Waals surface area contributed by atoms with Crippen LogP contribution in [0.25, 0.3) is 0 Å². The first-order chi connectivity index (χ1) is 13.3. The highest BCUT2D eigenvalue weighted by Gasteiger charge is 2.38. The minimum Gasteiger partial charge on any atom is -0.462 e. The van der Waals surface area contributed by atoms with Gasteiger partial charge in [0.15, 0.2) is 10.5 Å². The van der Waals surface area contributed by atoms with Crippen molar-refractivity contribution in [3.63, 3.8) is 0 Å². The van der Waals surface area contributed by atoms with E-state index in [0.717, 1.165) is 0 Å². The van der Waals surface area contributed by atoms with Crippen LogP contribution in [-0.4, -0.2) is 41.5 Å². The summed E-state index contributed by atoms with van der Waals surface area (Å²) in [5.74, 6) is -2.62. The molecular formula is C19H19NO6S2. The predicted molar refractivity (Wildman–Crippen MR) is 107 cm³/mol. The van der Waals surface area contributed by atoms with Crippen LogP contribution in [0.5, 0.6) is 5.75 Å². The van der Waals surface area contributed by atoms with E-state index in [1.165, 1.54) is 30.4 Å². The zero-order valence-electron chi connectivity index (χ0n) is 15.3. The van der Waals surface area contributed by atoms with E-state index in [1.807, 2.05) is 0 Å². The molecule has 1 atom stereocenters.